The molecule has 0 saturated heterocycles. The maximum Gasteiger partial charge on any atom is 0.0676 e. The molecular formula is C9H15N. The van der Waals surface area contributed by atoms with Crippen LogP contribution in [0, 0.1) is 0 Å². The van der Waals surface area contributed by atoms with Gasteiger partial charge in [0.25, 0.3) is 0 Å². The first kappa shape index (κ1) is 9.15. The smallest absolute Gasteiger partial charge is 0.0676 e. The lowest BCUT2D eigenvalue weighted by molar-refractivity contribution is 0.787. The van der Waals surface area contributed by atoms with Crippen molar-refractivity contribution in [3.63, 3.8) is 0 Å². The zero-order valence-corrected chi connectivity index (χ0v) is 6.75. The predicted octanol–water partition coefficient (Wildman–Crippen LogP) is 2.60. The van der Waals surface area contributed by atoms with E-state index >= 15 is 0 Å². The number of hydrogen-bond acceptors (Lipinski definition) is 1. The van der Waals surface area contributed by atoms with Crippen molar-refractivity contribution in [2.75, 3.05) is 0 Å². The van der Waals surface area contributed by atoms with Crippen LogP contribution < -0.4 is 0 Å². The van der Waals surface area contributed by atoms with E-state index < -0.39 is 0 Å². The molecule has 0 aliphatic heterocycles. The van der Waals surface area contributed by atoms with Gasteiger partial charge in [-0.25, -0.2) is 0 Å². The zero-order valence-electron chi connectivity index (χ0n) is 6.75. The number of hydrogen-bond donors (Lipinski definition) is 0. The molecule has 0 bridgehead atoms. The van der Waals surface area contributed by atoms with Gasteiger partial charge in [0.1, 0.15) is 0 Å². The molecule has 0 spiro atoms. The van der Waals surface area contributed by atoms with E-state index in [4.69, 9.17) is 0 Å². The Morgan fingerprint density at radius 1 is 1.60 bits per heavy atom. The first-order valence-corrected chi connectivity index (χ1v) is 3.62. The van der Waals surface area contributed by atoms with Gasteiger partial charge in [0.2, 0.25) is 0 Å². The summed E-state index contributed by atoms with van der Waals surface area (Å²) in [6, 6.07) is 0.336. The van der Waals surface area contributed by atoms with Crippen molar-refractivity contribution in [2.24, 2.45) is 4.99 Å². The second-order valence-electron chi connectivity index (χ2n) is 2.00. The average molecular weight is 137 g/mol. The average Bonchev–Trinajstić information content (AvgIpc) is 1.98. The minimum Gasteiger partial charge on any atom is -0.290 e. The molecule has 1 heteroatoms. The molecule has 0 aromatic rings. The molecule has 0 rings (SSSR count). The summed E-state index contributed by atoms with van der Waals surface area (Å²) in [7, 11) is 0. The molecule has 1 nitrogen and oxygen atoms in total. The van der Waals surface area contributed by atoms with E-state index in [-0.39, 0.29) is 0 Å². The number of rotatable bonds is 4. The maximum absolute atomic E-state index is 4.22. The van der Waals surface area contributed by atoms with Gasteiger partial charge in [0.15, 0.2) is 0 Å². The van der Waals surface area contributed by atoms with Crippen molar-refractivity contribution in [2.45, 2.75) is 26.3 Å². The number of aliphatic imine (C=N–C) groups is 1. The standard InChI is InChI=1S/C9H15N/c1-4-7-8-9(5-2)10-6-3/h4,6-9H,1,5H2,2-3H3/b8-7-,10-6+. The van der Waals surface area contributed by atoms with E-state index in [1.807, 2.05) is 25.3 Å². The van der Waals surface area contributed by atoms with E-state index in [1.165, 1.54) is 0 Å². The van der Waals surface area contributed by atoms with E-state index in [0.29, 0.717) is 6.04 Å². The first-order chi connectivity index (χ1) is 4.85. The molecule has 0 fully saturated rings. The highest BCUT2D eigenvalue weighted by molar-refractivity contribution is 5.53. The Kier molecular flexibility index (Phi) is 5.74. The van der Waals surface area contributed by atoms with Crippen LogP contribution in [0.2, 0.25) is 0 Å². The van der Waals surface area contributed by atoms with Crippen LogP contribution in [0.1, 0.15) is 20.3 Å². The van der Waals surface area contributed by atoms with Crippen LogP contribution in [0.25, 0.3) is 0 Å². The lowest BCUT2D eigenvalue weighted by Gasteiger charge is -1.99. The molecule has 0 aromatic heterocycles. The van der Waals surface area contributed by atoms with Crippen LogP contribution in [-0.4, -0.2) is 12.3 Å². The molecule has 0 radical (unpaired) electrons. The number of allylic oxidation sites excluding steroid dienone is 2. The summed E-state index contributed by atoms with van der Waals surface area (Å²) in [6.45, 7) is 7.64. The van der Waals surface area contributed by atoms with Crippen LogP contribution in [0.4, 0.5) is 0 Å². The van der Waals surface area contributed by atoms with Crippen LogP contribution in [-0.2, 0) is 0 Å². The van der Waals surface area contributed by atoms with Gasteiger partial charge >= 0.3 is 0 Å². The minimum atomic E-state index is 0.336. The summed E-state index contributed by atoms with van der Waals surface area (Å²) in [6.07, 6.45) is 8.64. The largest absolute Gasteiger partial charge is 0.290 e. The summed E-state index contributed by atoms with van der Waals surface area (Å²) in [5.74, 6) is 0. The van der Waals surface area contributed by atoms with Gasteiger partial charge in [0, 0.05) is 0 Å². The summed E-state index contributed by atoms with van der Waals surface area (Å²) in [5.41, 5.74) is 0. The van der Waals surface area contributed by atoms with Gasteiger partial charge in [-0.2, -0.15) is 0 Å². The van der Waals surface area contributed by atoms with Gasteiger partial charge in [-0.05, 0) is 19.6 Å². The highest BCUT2D eigenvalue weighted by Crippen LogP contribution is 1.97. The van der Waals surface area contributed by atoms with Crippen molar-refractivity contribution < 1.29 is 0 Å². The Balaban J connectivity index is 3.81. The van der Waals surface area contributed by atoms with Gasteiger partial charge in [-0.3, -0.25) is 4.99 Å². The predicted molar refractivity (Wildman–Crippen MR) is 47.6 cm³/mol. The fourth-order valence-electron chi connectivity index (χ4n) is 0.689. The quantitative estimate of drug-likeness (QED) is 0.417. The summed E-state index contributed by atoms with van der Waals surface area (Å²) < 4.78 is 0. The zero-order chi connectivity index (χ0) is 7.82. The third kappa shape index (κ3) is 4.07. The second-order valence-corrected chi connectivity index (χ2v) is 2.00. The van der Waals surface area contributed by atoms with Gasteiger partial charge in [-0.1, -0.05) is 31.7 Å². The molecule has 0 amide bonds. The van der Waals surface area contributed by atoms with E-state index in [1.54, 1.807) is 6.08 Å². The van der Waals surface area contributed by atoms with Crippen molar-refractivity contribution in [3.8, 4) is 0 Å². The summed E-state index contributed by atoms with van der Waals surface area (Å²) >= 11 is 0. The van der Waals surface area contributed by atoms with Crippen molar-refractivity contribution in [1.29, 1.82) is 0 Å². The highest BCUT2D eigenvalue weighted by Gasteiger charge is 1.92. The Morgan fingerprint density at radius 3 is 2.70 bits per heavy atom. The van der Waals surface area contributed by atoms with Crippen molar-refractivity contribution in [1.82, 2.24) is 0 Å². The fourth-order valence-corrected chi connectivity index (χ4v) is 0.689. The molecule has 0 aliphatic rings. The van der Waals surface area contributed by atoms with Gasteiger partial charge < -0.3 is 0 Å². The first-order valence-electron chi connectivity index (χ1n) is 3.62. The number of nitrogens with zero attached hydrogens (tertiary/aromatic N) is 1. The van der Waals surface area contributed by atoms with Crippen LogP contribution in [0.5, 0.6) is 0 Å². The molecule has 0 heterocycles. The van der Waals surface area contributed by atoms with Gasteiger partial charge in [0.05, 0.1) is 6.04 Å². The van der Waals surface area contributed by atoms with Crippen molar-refractivity contribution >= 4 is 6.21 Å². The third-order valence-electron chi connectivity index (χ3n) is 1.23. The SMILES string of the molecule is C=C/C=C\C(CC)/N=C/C. The molecular weight excluding hydrogens is 122 g/mol. The molecule has 0 saturated carbocycles. The lowest BCUT2D eigenvalue weighted by atomic mass is 10.2. The molecule has 1 atom stereocenters. The fraction of sp³-hybridized carbons (Fsp3) is 0.444. The Hall–Kier alpha value is -0.850. The second kappa shape index (κ2) is 6.27. The molecule has 0 N–H and O–H groups in total. The molecule has 56 valence electrons. The van der Waals surface area contributed by atoms with E-state index in [9.17, 15) is 0 Å². The van der Waals surface area contributed by atoms with E-state index in [2.05, 4.69) is 18.5 Å². The van der Waals surface area contributed by atoms with E-state index in [0.717, 1.165) is 6.42 Å². The lowest BCUT2D eigenvalue weighted by Crippen LogP contribution is -1.96. The van der Waals surface area contributed by atoms with Crippen LogP contribution in [0.15, 0.2) is 29.8 Å². The van der Waals surface area contributed by atoms with Gasteiger partial charge in [-0.15, -0.1) is 0 Å². The van der Waals surface area contributed by atoms with Crippen molar-refractivity contribution in [3.05, 3.63) is 24.8 Å². The monoisotopic (exact) mass is 137 g/mol. The Labute approximate surface area is 63.2 Å². The van der Waals surface area contributed by atoms with Crippen LogP contribution >= 0.6 is 0 Å². The minimum absolute atomic E-state index is 0.336. The Morgan fingerprint density at radius 2 is 2.30 bits per heavy atom. The third-order valence-corrected chi connectivity index (χ3v) is 1.23. The maximum atomic E-state index is 4.22. The van der Waals surface area contributed by atoms with Crippen LogP contribution in [0.3, 0.4) is 0 Å². The normalized spacial score (nSPS) is 14.6. The molecule has 1 unspecified atom stereocenters. The summed E-state index contributed by atoms with van der Waals surface area (Å²) in [5, 5.41) is 0. The molecule has 0 aliphatic carbocycles. The molecule has 0 aromatic carbocycles. The topological polar surface area (TPSA) is 12.4 Å². The highest BCUT2D eigenvalue weighted by atomic mass is 14.7. The molecule has 10 heavy (non-hydrogen) atoms. The Bertz CT molecular complexity index is 134. The summed E-state index contributed by atoms with van der Waals surface area (Å²) in [4.78, 5) is 4.22.